The van der Waals surface area contributed by atoms with Crippen molar-refractivity contribution in [3.63, 3.8) is 0 Å². The highest BCUT2D eigenvalue weighted by Crippen LogP contribution is 2.26. The largest absolute Gasteiger partial charge is 0.481 e. The highest BCUT2D eigenvalue weighted by Gasteiger charge is 2.33. The van der Waals surface area contributed by atoms with E-state index in [1.54, 1.807) is 0 Å². The number of nitrogens with zero attached hydrogens (tertiary/aromatic N) is 1. The number of aliphatic hydroxyl groups is 1. The van der Waals surface area contributed by atoms with Gasteiger partial charge in [0.05, 0.1) is 11.5 Å². The first-order chi connectivity index (χ1) is 7.91. The van der Waals surface area contributed by atoms with Crippen LogP contribution >= 0.6 is 0 Å². The van der Waals surface area contributed by atoms with Gasteiger partial charge in [0, 0.05) is 12.6 Å². The summed E-state index contributed by atoms with van der Waals surface area (Å²) in [6.45, 7) is 7.49. The molecule has 1 saturated heterocycles. The molecule has 4 nitrogen and oxygen atoms in total. The summed E-state index contributed by atoms with van der Waals surface area (Å²) >= 11 is 0. The van der Waals surface area contributed by atoms with Crippen LogP contribution in [0.4, 0.5) is 0 Å². The molecule has 1 heterocycles. The number of carbonyl (C=O) groups is 1. The van der Waals surface area contributed by atoms with Gasteiger partial charge in [-0.3, -0.25) is 9.69 Å². The number of hydrogen-bond donors (Lipinski definition) is 2. The fourth-order valence-corrected chi connectivity index (χ4v) is 2.53. The maximum atomic E-state index is 10.9. The van der Waals surface area contributed by atoms with Gasteiger partial charge in [0.1, 0.15) is 0 Å². The molecule has 1 aliphatic rings. The van der Waals surface area contributed by atoms with Crippen molar-refractivity contribution in [3.8, 4) is 0 Å². The number of rotatable bonds is 5. The van der Waals surface area contributed by atoms with Crippen LogP contribution in [0.15, 0.2) is 0 Å². The van der Waals surface area contributed by atoms with E-state index in [-0.39, 0.29) is 12.0 Å². The molecule has 0 aromatic rings. The van der Waals surface area contributed by atoms with Crippen LogP contribution in [0.25, 0.3) is 0 Å². The van der Waals surface area contributed by atoms with Gasteiger partial charge in [-0.05, 0) is 39.2 Å². The Morgan fingerprint density at radius 3 is 2.41 bits per heavy atom. The second-order valence-corrected chi connectivity index (χ2v) is 5.31. The van der Waals surface area contributed by atoms with E-state index in [2.05, 4.69) is 11.8 Å². The predicted octanol–water partition coefficient (Wildman–Crippen LogP) is 1.72. The van der Waals surface area contributed by atoms with Crippen LogP contribution in [0.2, 0.25) is 0 Å². The molecule has 100 valence electrons. The maximum Gasteiger partial charge on any atom is 0.306 e. The molecular formula is C13H25NO3. The van der Waals surface area contributed by atoms with E-state index < -0.39 is 11.6 Å². The molecule has 1 aliphatic heterocycles. The monoisotopic (exact) mass is 243 g/mol. The quantitative estimate of drug-likeness (QED) is 0.772. The van der Waals surface area contributed by atoms with Crippen LogP contribution in [0.3, 0.4) is 0 Å². The third kappa shape index (κ3) is 3.68. The minimum Gasteiger partial charge on any atom is -0.481 e. The van der Waals surface area contributed by atoms with Crippen molar-refractivity contribution in [2.45, 2.75) is 58.1 Å². The standard InChI is InChI=1S/C13H25NO3/c1-4-13(17,5-2)9-14-7-6-11(12(15)16)8-10(14)3/h10-11,17H,4-9H2,1-3H3,(H,15,16). The number of hydrogen-bond acceptors (Lipinski definition) is 3. The third-order valence-corrected chi connectivity index (χ3v) is 4.18. The van der Waals surface area contributed by atoms with Crippen LogP contribution in [-0.2, 0) is 4.79 Å². The molecule has 0 radical (unpaired) electrons. The van der Waals surface area contributed by atoms with E-state index in [9.17, 15) is 9.90 Å². The molecule has 17 heavy (non-hydrogen) atoms. The summed E-state index contributed by atoms with van der Waals surface area (Å²) in [4.78, 5) is 13.2. The Hall–Kier alpha value is -0.610. The van der Waals surface area contributed by atoms with Crippen LogP contribution in [0.5, 0.6) is 0 Å². The lowest BCUT2D eigenvalue weighted by molar-refractivity contribution is -0.144. The van der Waals surface area contributed by atoms with Crippen molar-refractivity contribution in [1.29, 1.82) is 0 Å². The molecule has 1 fully saturated rings. The van der Waals surface area contributed by atoms with Crippen molar-refractivity contribution >= 4 is 5.97 Å². The summed E-state index contributed by atoms with van der Waals surface area (Å²) in [6, 6.07) is 0.245. The highest BCUT2D eigenvalue weighted by molar-refractivity contribution is 5.70. The zero-order chi connectivity index (χ0) is 13.1. The Labute approximate surface area is 104 Å². The first-order valence-corrected chi connectivity index (χ1v) is 6.61. The molecule has 2 atom stereocenters. The molecule has 0 aromatic heterocycles. The lowest BCUT2D eigenvalue weighted by atomic mass is 9.89. The Morgan fingerprint density at radius 1 is 1.41 bits per heavy atom. The number of carboxylic acids is 1. The van der Waals surface area contributed by atoms with Gasteiger partial charge in [-0.1, -0.05) is 13.8 Å². The average molecular weight is 243 g/mol. The molecule has 2 unspecified atom stereocenters. The first-order valence-electron chi connectivity index (χ1n) is 6.61. The molecule has 2 N–H and O–H groups in total. The van der Waals surface area contributed by atoms with Gasteiger partial charge < -0.3 is 10.2 Å². The number of aliphatic carboxylic acids is 1. The second kappa shape index (κ2) is 5.83. The summed E-state index contributed by atoms with van der Waals surface area (Å²) in [5.74, 6) is -0.893. The summed E-state index contributed by atoms with van der Waals surface area (Å²) in [6.07, 6.45) is 2.88. The maximum absolute atomic E-state index is 10.9. The normalized spacial score (nSPS) is 27.1. The topological polar surface area (TPSA) is 60.8 Å². The van der Waals surface area contributed by atoms with E-state index in [4.69, 9.17) is 5.11 Å². The van der Waals surface area contributed by atoms with Gasteiger partial charge in [0.2, 0.25) is 0 Å². The van der Waals surface area contributed by atoms with Gasteiger partial charge in [-0.15, -0.1) is 0 Å². The smallest absolute Gasteiger partial charge is 0.306 e. The first kappa shape index (κ1) is 14.5. The molecule has 0 spiro atoms. The van der Waals surface area contributed by atoms with Gasteiger partial charge in [0.15, 0.2) is 0 Å². The Morgan fingerprint density at radius 2 is 2.00 bits per heavy atom. The zero-order valence-corrected chi connectivity index (χ0v) is 11.1. The average Bonchev–Trinajstić information content (AvgIpc) is 2.31. The van der Waals surface area contributed by atoms with Crippen molar-refractivity contribution in [2.75, 3.05) is 13.1 Å². The number of likely N-dealkylation sites (tertiary alicyclic amines) is 1. The SMILES string of the molecule is CCC(O)(CC)CN1CCC(C(=O)O)CC1C. The fraction of sp³-hybridized carbons (Fsp3) is 0.923. The Bertz CT molecular complexity index is 263. The molecule has 0 saturated carbocycles. The van der Waals surface area contributed by atoms with Crippen LogP contribution < -0.4 is 0 Å². The zero-order valence-electron chi connectivity index (χ0n) is 11.1. The van der Waals surface area contributed by atoms with Crippen LogP contribution in [0, 0.1) is 5.92 Å². The third-order valence-electron chi connectivity index (χ3n) is 4.18. The fourth-order valence-electron chi connectivity index (χ4n) is 2.53. The molecule has 1 rings (SSSR count). The molecule has 0 aliphatic carbocycles. The molecule has 0 aromatic carbocycles. The van der Waals surface area contributed by atoms with E-state index in [1.807, 2.05) is 13.8 Å². The molecular weight excluding hydrogens is 218 g/mol. The number of carboxylic acid groups (broad SMARTS) is 1. The molecule has 0 amide bonds. The molecule has 0 bridgehead atoms. The van der Waals surface area contributed by atoms with Gasteiger partial charge >= 0.3 is 5.97 Å². The number of β-amino-alcohol motifs (C(OH)–C–C–N with tert-alkyl or cyclic N) is 1. The van der Waals surface area contributed by atoms with E-state index in [0.29, 0.717) is 19.4 Å². The minimum absolute atomic E-state index is 0.211. The van der Waals surface area contributed by atoms with Gasteiger partial charge in [0.25, 0.3) is 0 Å². The van der Waals surface area contributed by atoms with Gasteiger partial charge in [-0.2, -0.15) is 0 Å². The van der Waals surface area contributed by atoms with Crippen molar-refractivity contribution < 1.29 is 15.0 Å². The Balaban J connectivity index is 2.55. The van der Waals surface area contributed by atoms with E-state index in [0.717, 1.165) is 19.4 Å². The van der Waals surface area contributed by atoms with Gasteiger partial charge in [-0.25, -0.2) is 0 Å². The molecule has 4 heteroatoms. The lowest BCUT2D eigenvalue weighted by Crippen LogP contribution is -2.50. The van der Waals surface area contributed by atoms with E-state index in [1.165, 1.54) is 0 Å². The van der Waals surface area contributed by atoms with Crippen molar-refractivity contribution in [1.82, 2.24) is 4.90 Å². The summed E-state index contributed by atoms with van der Waals surface area (Å²) in [5.41, 5.74) is -0.621. The summed E-state index contributed by atoms with van der Waals surface area (Å²) in [5, 5.41) is 19.3. The predicted molar refractivity (Wildman–Crippen MR) is 66.9 cm³/mol. The van der Waals surface area contributed by atoms with Crippen molar-refractivity contribution in [3.05, 3.63) is 0 Å². The minimum atomic E-state index is -0.683. The van der Waals surface area contributed by atoms with E-state index >= 15 is 0 Å². The Kier molecular flexibility index (Phi) is 4.95. The summed E-state index contributed by atoms with van der Waals surface area (Å²) in [7, 11) is 0. The summed E-state index contributed by atoms with van der Waals surface area (Å²) < 4.78 is 0. The van der Waals surface area contributed by atoms with Crippen LogP contribution in [-0.4, -0.2) is 45.8 Å². The second-order valence-electron chi connectivity index (χ2n) is 5.31. The number of piperidine rings is 1. The highest BCUT2D eigenvalue weighted by atomic mass is 16.4. The van der Waals surface area contributed by atoms with Crippen molar-refractivity contribution in [2.24, 2.45) is 5.92 Å². The van der Waals surface area contributed by atoms with Crippen LogP contribution in [0.1, 0.15) is 46.5 Å². The lowest BCUT2D eigenvalue weighted by Gasteiger charge is -2.40.